The molecule has 0 bridgehead atoms. The Hall–Kier alpha value is -2.24. The van der Waals surface area contributed by atoms with Gasteiger partial charge in [0, 0.05) is 17.9 Å². The SMILES string of the molecule is NC(=O)C1CCCN1c1ccc(C(=O)O)c(N)c1. The average molecular weight is 249 g/mol. The maximum Gasteiger partial charge on any atom is 0.337 e. The summed E-state index contributed by atoms with van der Waals surface area (Å²) >= 11 is 0. The highest BCUT2D eigenvalue weighted by molar-refractivity contribution is 5.94. The number of nitrogens with two attached hydrogens (primary N) is 2. The molecule has 0 aliphatic carbocycles. The van der Waals surface area contributed by atoms with E-state index < -0.39 is 5.97 Å². The normalized spacial score (nSPS) is 18.9. The van der Waals surface area contributed by atoms with Crippen LogP contribution in [0.1, 0.15) is 23.2 Å². The molecule has 2 rings (SSSR count). The van der Waals surface area contributed by atoms with Crippen molar-refractivity contribution in [3.8, 4) is 0 Å². The number of benzene rings is 1. The van der Waals surface area contributed by atoms with Crippen LogP contribution < -0.4 is 16.4 Å². The highest BCUT2D eigenvalue weighted by atomic mass is 16.4. The molecule has 0 aromatic heterocycles. The van der Waals surface area contributed by atoms with Crippen LogP contribution in [0.2, 0.25) is 0 Å². The predicted octanol–water partition coefficient (Wildman–Crippen LogP) is 0.421. The smallest absolute Gasteiger partial charge is 0.337 e. The zero-order valence-corrected chi connectivity index (χ0v) is 9.80. The molecular formula is C12H15N3O3. The number of anilines is 2. The Bertz CT molecular complexity index is 501. The summed E-state index contributed by atoms with van der Waals surface area (Å²) in [5.74, 6) is -1.43. The van der Waals surface area contributed by atoms with Gasteiger partial charge in [0.15, 0.2) is 0 Å². The van der Waals surface area contributed by atoms with E-state index in [0.29, 0.717) is 0 Å². The molecule has 1 fully saturated rings. The van der Waals surface area contributed by atoms with Crippen molar-refractivity contribution in [3.63, 3.8) is 0 Å². The second-order valence-corrected chi connectivity index (χ2v) is 4.33. The number of hydrogen-bond donors (Lipinski definition) is 3. The van der Waals surface area contributed by atoms with Crippen LogP contribution in [-0.2, 0) is 4.79 Å². The molecule has 0 spiro atoms. The fourth-order valence-corrected chi connectivity index (χ4v) is 2.30. The fourth-order valence-electron chi connectivity index (χ4n) is 2.30. The fraction of sp³-hybridized carbons (Fsp3) is 0.333. The van der Waals surface area contributed by atoms with Gasteiger partial charge in [-0.15, -0.1) is 0 Å². The summed E-state index contributed by atoms with van der Waals surface area (Å²) in [6.07, 6.45) is 1.60. The minimum atomic E-state index is -1.06. The minimum absolute atomic E-state index is 0.0635. The van der Waals surface area contributed by atoms with Crippen LogP contribution in [0.15, 0.2) is 18.2 Å². The lowest BCUT2D eigenvalue weighted by Crippen LogP contribution is -2.40. The van der Waals surface area contributed by atoms with E-state index in [2.05, 4.69) is 0 Å². The highest BCUT2D eigenvalue weighted by Crippen LogP contribution is 2.28. The maximum atomic E-state index is 11.3. The quantitative estimate of drug-likeness (QED) is 0.672. The first-order chi connectivity index (χ1) is 8.50. The van der Waals surface area contributed by atoms with E-state index in [1.54, 1.807) is 12.1 Å². The Balaban J connectivity index is 2.32. The van der Waals surface area contributed by atoms with Crippen molar-refractivity contribution in [2.24, 2.45) is 5.73 Å². The Morgan fingerprint density at radius 1 is 1.39 bits per heavy atom. The standard InChI is InChI=1S/C12H15N3O3/c13-9-6-7(3-4-8(9)12(17)18)15-5-1-2-10(15)11(14)16/h3-4,6,10H,1-2,5,13H2,(H2,14,16)(H,17,18). The summed E-state index contributed by atoms with van der Waals surface area (Å²) in [6, 6.07) is 4.34. The second kappa shape index (κ2) is 4.56. The number of hydrogen-bond acceptors (Lipinski definition) is 4. The number of carboxylic acids is 1. The summed E-state index contributed by atoms with van der Waals surface area (Å²) in [6.45, 7) is 0.722. The number of rotatable bonds is 3. The molecule has 1 unspecified atom stereocenters. The van der Waals surface area contributed by atoms with E-state index in [-0.39, 0.29) is 23.2 Å². The van der Waals surface area contributed by atoms with Crippen molar-refractivity contribution in [2.75, 3.05) is 17.2 Å². The van der Waals surface area contributed by atoms with Gasteiger partial charge in [-0.05, 0) is 31.0 Å². The lowest BCUT2D eigenvalue weighted by atomic mass is 10.1. The maximum absolute atomic E-state index is 11.3. The lowest BCUT2D eigenvalue weighted by Gasteiger charge is -2.24. The van der Waals surface area contributed by atoms with Crippen LogP contribution in [0.4, 0.5) is 11.4 Å². The third kappa shape index (κ3) is 2.09. The van der Waals surface area contributed by atoms with E-state index in [1.165, 1.54) is 6.07 Å². The van der Waals surface area contributed by atoms with Gasteiger partial charge in [0.1, 0.15) is 6.04 Å². The molecule has 1 heterocycles. The van der Waals surface area contributed by atoms with Crippen LogP contribution in [0.5, 0.6) is 0 Å². The van der Waals surface area contributed by atoms with E-state index in [9.17, 15) is 9.59 Å². The topological polar surface area (TPSA) is 110 Å². The number of nitrogens with zero attached hydrogens (tertiary/aromatic N) is 1. The second-order valence-electron chi connectivity index (χ2n) is 4.33. The van der Waals surface area contributed by atoms with Crippen LogP contribution in [0, 0.1) is 0 Å². The van der Waals surface area contributed by atoms with Crippen molar-refractivity contribution >= 4 is 23.3 Å². The Kier molecular flexibility index (Phi) is 3.10. The summed E-state index contributed by atoms with van der Waals surface area (Å²) < 4.78 is 0. The number of carbonyl (C=O) groups is 2. The Morgan fingerprint density at radius 3 is 2.67 bits per heavy atom. The summed E-state index contributed by atoms with van der Waals surface area (Å²) in [5, 5.41) is 8.89. The zero-order chi connectivity index (χ0) is 13.3. The van der Waals surface area contributed by atoms with Gasteiger partial charge in [-0.2, -0.15) is 0 Å². The van der Waals surface area contributed by atoms with Gasteiger partial charge in [0.05, 0.1) is 5.56 Å². The molecule has 96 valence electrons. The number of carbonyl (C=O) groups excluding carboxylic acids is 1. The number of carboxylic acid groups (broad SMARTS) is 1. The molecule has 6 heteroatoms. The molecule has 1 aromatic carbocycles. The number of amides is 1. The monoisotopic (exact) mass is 249 g/mol. The third-order valence-electron chi connectivity index (χ3n) is 3.18. The molecule has 1 atom stereocenters. The first-order valence-electron chi connectivity index (χ1n) is 5.69. The third-order valence-corrected chi connectivity index (χ3v) is 3.18. The average Bonchev–Trinajstić information content (AvgIpc) is 2.77. The lowest BCUT2D eigenvalue weighted by molar-refractivity contribution is -0.119. The minimum Gasteiger partial charge on any atom is -0.478 e. The molecule has 5 N–H and O–H groups in total. The van der Waals surface area contributed by atoms with Gasteiger partial charge in [-0.3, -0.25) is 4.79 Å². The van der Waals surface area contributed by atoms with Crippen molar-refractivity contribution in [1.29, 1.82) is 0 Å². The van der Waals surface area contributed by atoms with Gasteiger partial charge < -0.3 is 21.5 Å². The molecule has 6 nitrogen and oxygen atoms in total. The first-order valence-corrected chi connectivity index (χ1v) is 5.69. The van der Waals surface area contributed by atoms with Crippen molar-refractivity contribution < 1.29 is 14.7 Å². The highest BCUT2D eigenvalue weighted by Gasteiger charge is 2.29. The molecule has 1 saturated heterocycles. The summed E-state index contributed by atoms with van der Waals surface area (Å²) in [5.41, 5.74) is 12.0. The van der Waals surface area contributed by atoms with E-state index in [0.717, 1.165) is 25.1 Å². The Morgan fingerprint density at radius 2 is 2.11 bits per heavy atom. The molecule has 0 saturated carbocycles. The molecule has 1 aliphatic rings. The van der Waals surface area contributed by atoms with Gasteiger partial charge in [0.2, 0.25) is 5.91 Å². The molecule has 1 aliphatic heterocycles. The van der Waals surface area contributed by atoms with Crippen LogP contribution in [0.25, 0.3) is 0 Å². The van der Waals surface area contributed by atoms with E-state index in [1.807, 2.05) is 4.90 Å². The molecule has 1 amide bonds. The summed E-state index contributed by atoms with van der Waals surface area (Å²) in [4.78, 5) is 24.0. The largest absolute Gasteiger partial charge is 0.478 e. The van der Waals surface area contributed by atoms with Crippen molar-refractivity contribution in [1.82, 2.24) is 0 Å². The zero-order valence-electron chi connectivity index (χ0n) is 9.80. The van der Waals surface area contributed by atoms with Crippen LogP contribution in [-0.4, -0.2) is 29.6 Å². The van der Waals surface area contributed by atoms with Crippen molar-refractivity contribution in [2.45, 2.75) is 18.9 Å². The van der Waals surface area contributed by atoms with Crippen LogP contribution >= 0.6 is 0 Å². The number of primary amides is 1. The molecule has 1 aromatic rings. The van der Waals surface area contributed by atoms with Gasteiger partial charge >= 0.3 is 5.97 Å². The van der Waals surface area contributed by atoms with Crippen molar-refractivity contribution in [3.05, 3.63) is 23.8 Å². The van der Waals surface area contributed by atoms with Gasteiger partial charge in [-0.1, -0.05) is 0 Å². The van der Waals surface area contributed by atoms with Gasteiger partial charge in [0.25, 0.3) is 0 Å². The van der Waals surface area contributed by atoms with Gasteiger partial charge in [-0.25, -0.2) is 4.79 Å². The number of aromatic carboxylic acids is 1. The van der Waals surface area contributed by atoms with E-state index in [4.69, 9.17) is 16.6 Å². The Labute approximate surface area is 104 Å². The molecular weight excluding hydrogens is 234 g/mol. The molecule has 18 heavy (non-hydrogen) atoms. The first kappa shape index (κ1) is 12.2. The molecule has 0 radical (unpaired) electrons. The van der Waals surface area contributed by atoms with Crippen LogP contribution in [0.3, 0.4) is 0 Å². The summed E-state index contributed by atoms with van der Waals surface area (Å²) in [7, 11) is 0. The number of nitrogen functional groups attached to an aromatic ring is 1. The predicted molar refractivity (Wildman–Crippen MR) is 67.4 cm³/mol. The van der Waals surface area contributed by atoms with E-state index >= 15 is 0 Å².